The molecule has 4 N–H and O–H groups in total. The first-order valence-corrected chi connectivity index (χ1v) is 14.7. The van der Waals surface area contributed by atoms with Gasteiger partial charge in [-0.25, -0.2) is 4.79 Å². The number of alkyl halides is 1. The summed E-state index contributed by atoms with van der Waals surface area (Å²) in [5.41, 5.74) is 1.04. The molecule has 0 amide bonds. The number of aliphatic hydroxyl groups excluding tert-OH is 4. The first kappa shape index (κ1) is 30.6. The fourth-order valence-electron chi connectivity index (χ4n) is 4.99. The van der Waals surface area contributed by atoms with Crippen molar-refractivity contribution in [3.8, 4) is 0 Å². The van der Waals surface area contributed by atoms with Crippen LogP contribution in [0.25, 0.3) is 0 Å². The maximum atomic E-state index is 12.3. The van der Waals surface area contributed by atoms with Crippen LogP contribution in [-0.4, -0.2) is 62.8 Å². The van der Waals surface area contributed by atoms with E-state index in [1.165, 1.54) is 11.3 Å². The summed E-state index contributed by atoms with van der Waals surface area (Å²) in [5, 5.41) is 41.1. The van der Waals surface area contributed by atoms with Crippen molar-refractivity contribution in [2.75, 3.05) is 6.61 Å². The molecule has 2 aromatic rings. The van der Waals surface area contributed by atoms with Gasteiger partial charge in [-0.15, -0.1) is 22.9 Å². The molecule has 1 heterocycles. The molecule has 1 saturated carbocycles. The van der Waals surface area contributed by atoms with Crippen molar-refractivity contribution < 1.29 is 30.0 Å². The lowest BCUT2D eigenvalue weighted by molar-refractivity contribution is -0.0802. The Kier molecular flexibility index (Phi) is 12.0. The van der Waals surface area contributed by atoms with E-state index in [1.54, 1.807) is 19.1 Å². The number of aryl methyl sites for hydroxylation is 2. The van der Waals surface area contributed by atoms with Crippen molar-refractivity contribution in [2.45, 2.75) is 81.7 Å². The van der Waals surface area contributed by atoms with Crippen molar-refractivity contribution in [3.63, 3.8) is 0 Å². The van der Waals surface area contributed by atoms with E-state index in [1.807, 2.05) is 18.2 Å². The first-order valence-electron chi connectivity index (χ1n) is 12.7. The van der Waals surface area contributed by atoms with Gasteiger partial charge in [-0.05, 0) is 92.7 Å². The number of thiophene rings is 1. The highest BCUT2D eigenvalue weighted by Crippen LogP contribution is 2.42. The molecule has 3 rings (SSSR count). The number of ether oxygens (including phenoxy) is 1. The van der Waals surface area contributed by atoms with Gasteiger partial charge in [0, 0.05) is 20.3 Å². The van der Waals surface area contributed by atoms with E-state index in [-0.39, 0.29) is 23.6 Å². The Morgan fingerprint density at radius 1 is 1.05 bits per heavy atom. The molecule has 0 aliphatic heterocycles. The van der Waals surface area contributed by atoms with Gasteiger partial charge < -0.3 is 25.2 Å². The largest absolute Gasteiger partial charge is 0.459 e. The molecule has 0 saturated heterocycles. The Morgan fingerprint density at radius 3 is 2.43 bits per heavy atom. The lowest BCUT2D eigenvalue weighted by atomic mass is 9.85. The normalized spacial score (nSPS) is 24.1. The summed E-state index contributed by atoms with van der Waals surface area (Å²) in [4.78, 5) is 13.8. The average Bonchev–Trinajstić information content (AvgIpc) is 3.43. The monoisotopic (exact) mass is 592 g/mol. The van der Waals surface area contributed by atoms with E-state index in [0.29, 0.717) is 21.3 Å². The van der Waals surface area contributed by atoms with Crippen LogP contribution in [0.5, 0.6) is 0 Å². The smallest absolute Gasteiger partial charge is 0.348 e. The summed E-state index contributed by atoms with van der Waals surface area (Å²) >= 11 is 20.2. The van der Waals surface area contributed by atoms with E-state index in [9.17, 15) is 25.2 Å². The van der Waals surface area contributed by atoms with Crippen LogP contribution in [-0.2, 0) is 17.6 Å². The van der Waals surface area contributed by atoms with Crippen LogP contribution in [0.3, 0.4) is 0 Å². The molecule has 7 atom stereocenters. The number of carbonyl (C=O) groups excluding carboxylic acids is 1. The maximum absolute atomic E-state index is 12.3. The number of aliphatic hydroxyl groups is 4. The fraction of sp³-hybridized carbons (Fsp3) is 0.593. The summed E-state index contributed by atoms with van der Waals surface area (Å²) in [6.45, 7) is 1.29. The van der Waals surface area contributed by atoms with Crippen LogP contribution >= 0.6 is 46.1 Å². The molecule has 0 bridgehead atoms. The predicted molar refractivity (Wildman–Crippen MR) is 148 cm³/mol. The molecule has 1 aliphatic rings. The van der Waals surface area contributed by atoms with E-state index in [0.717, 1.165) is 42.5 Å². The molecular weight excluding hydrogens is 559 g/mol. The number of rotatable bonds is 13. The third-order valence-corrected chi connectivity index (χ3v) is 9.14. The second kappa shape index (κ2) is 14.5. The van der Waals surface area contributed by atoms with Gasteiger partial charge in [0.2, 0.25) is 0 Å². The molecule has 1 aliphatic carbocycles. The summed E-state index contributed by atoms with van der Waals surface area (Å²) < 4.78 is 5.11. The zero-order valence-electron chi connectivity index (χ0n) is 20.7. The number of hydrogen-bond acceptors (Lipinski definition) is 7. The van der Waals surface area contributed by atoms with E-state index < -0.39 is 37.0 Å². The van der Waals surface area contributed by atoms with Gasteiger partial charge in [0.1, 0.15) is 23.7 Å². The second-order valence-electron chi connectivity index (χ2n) is 9.75. The molecule has 1 fully saturated rings. The number of esters is 1. The highest BCUT2D eigenvalue weighted by atomic mass is 35.5. The van der Waals surface area contributed by atoms with Crippen LogP contribution in [0.15, 0.2) is 30.3 Å². The third kappa shape index (κ3) is 8.80. The van der Waals surface area contributed by atoms with Crippen LogP contribution in [0.1, 0.15) is 59.1 Å². The maximum Gasteiger partial charge on any atom is 0.348 e. The van der Waals surface area contributed by atoms with E-state index in [2.05, 4.69) is 0 Å². The molecular formula is C27H35Cl3O6S. The zero-order valence-corrected chi connectivity index (χ0v) is 23.8. The molecule has 3 unspecified atom stereocenters. The van der Waals surface area contributed by atoms with Gasteiger partial charge >= 0.3 is 5.97 Å². The predicted octanol–water partition coefficient (Wildman–Crippen LogP) is 5.26. The first-order chi connectivity index (χ1) is 17.6. The average molecular weight is 594 g/mol. The van der Waals surface area contributed by atoms with Crippen molar-refractivity contribution in [3.05, 3.63) is 55.7 Å². The lowest BCUT2D eigenvalue weighted by Crippen LogP contribution is -2.40. The molecule has 1 aromatic heterocycles. The summed E-state index contributed by atoms with van der Waals surface area (Å²) in [6, 6.07) is 9.08. The van der Waals surface area contributed by atoms with Crippen molar-refractivity contribution in [1.82, 2.24) is 0 Å². The van der Waals surface area contributed by atoms with E-state index in [4.69, 9.17) is 39.5 Å². The van der Waals surface area contributed by atoms with Crippen LogP contribution in [0, 0.1) is 11.8 Å². The number of hydrogen-bond donors (Lipinski definition) is 4. The summed E-state index contributed by atoms with van der Waals surface area (Å²) in [6.07, 6.45) is 0.704. The van der Waals surface area contributed by atoms with Crippen LogP contribution in [0.4, 0.5) is 0 Å². The Labute approximate surface area is 237 Å². The standard InChI is InChI=1S/C27H35Cl3O6S/c1-2-22(31)26(34)24(33)14-36-27(35)25-9-7-18(37-25)4-3-5-19-20(23(32)13-21(19)30)8-6-15-10-16(28)12-17(29)11-15/h7,9-12,19-24,26,31-34H,2-6,8,13-14H2,1H3/t19-,20-,21-,22?,23-,24?,26?/m1/s1. The van der Waals surface area contributed by atoms with Crippen molar-refractivity contribution in [2.24, 2.45) is 11.8 Å². The molecule has 10 heteroatoms. The Bertz CT molecular complexity index is 998. The minimum absolute atomic E-state index is 0.0789. The fourth-order valence-corrected chi connectivity index (χ4v) is 7.00. The SMILES string of the molecule is CCC(O)C(O)C(O)COC(=O)c1ccc(CCC[C@@H]2[C@@H](CCc3cc(Cl)cc(Cl)c3)[C@H](O)C[C@H]2Cl)s1. The molecule has 1 aromatic carbocycles. The number of halogens is 3. The van der Waals surface area contributed by atoms with Gasteiger partial charge in [0.15, 0.2) is 0 Å². The Hall–Kier alpha value is -0.900. The quantitative estimate of drug-likeness (QED) is 0.186. The summed E-state index contributed by atoms with van der Waals surface area (Å²) in [5.74, 6) is -0.279. The van der Waals surface area contributed by atoms with Crippen molar-refractivity contribution >= 4 is 52.1 Å². The van der Waals surface area contributed by atoms with Crippen molar-refractivity contribution in [1.29, 1.82) is 0 Å². The molecule has 0 radical (unpaired) electrons. The second-order valence-corrected chi connectivity index (χ2v) is 12.4. The van der Waals surface area contributed by atoms with Gasteiger partial charge in [-0.2, -0.15) is 0 Å². The Morgan fingerprint density at radius 2 is 1.76 bits per heavy atom. The minimum atomic E-state index is -1.37. The Balaban J connectivity index is 1.47. The molecule has 6 nitrogen and oxygen atoms in total. The highest BCUT2D eigenvalue weighted by molar-refractivity contribution is 7.13. The molecule has 37 heavy (non-hydrogen) atoms. The zero-order chi connectivity index (χ0) is 27.1. The highest BCUT2D eigenvalue weighted by Gasteiger charge is 2.40. The topological polar surface area (TPSA) is 107 Å². The van der Waals surface area contributed by atoms with Crippen LogP contribution < -0.4 is 0 Å². The van der Waals surface area contributed by atoms with Gasteiger partial charge in [-0.3, -0.25) is 0 Å². The van der Waals surface area contributed by atoms with Gasteiger partial charge in [0.05, 0.1) is 12.2 Å². The van der Waals surface area contributed by atoms with Gasteiger partial charge in [0.25, 0.3) is 0 Å². The van der Waals surface area contributed by atoms with Gasteiger partial charge in [-0.1, -0.05) is 30.1 Å². The van der Waals surface area contributed by atoms with E-state index >= 15 is 0 Å². The number of benzene rings is 1. The molecule has 0 spiro atoms. The lowest BCUT2D eigenvalue weighted by Gasteiger charge is -2.23. The van der Waals surface area contributed by atoms with Crippen LogP contribution in [0.2, 0.25) is 10.0 Å². The number of carbonyl (C=O) groups is 1. The molecule has 206 valence electrons. The summed E-state index contributed by atoms with van der Waals surface area (Å²) in [7, 11) is 0. The third-order valence-electron chi connectivity index (χ3n) is 7.08. The minimum Gasteiger partial charge on any atom is -0.459 e.